The van der Waals surface area contributed by atoms with Gasteiger partial charge in [0.2, 0.25) is 5.91 Å². The number of aromatic nitrogens is 1. The van der Waals surface area contributed by atoms with E-state index in [2.05, 4.69) is 10.3 Å². The van der Waals surface area contributed by atoms with Gasteiger partial charge in [0, 0.05) is 11.9 Å². The summed E-state index contributed by atoms with van der Waals surface area (Å²) >= 11 is 1.44. The molecule has 1 atom stereocenters. The van der Waals surface area contributed by atoms with Crippen molar-refractivity contribution in [1.82, 2.24) is 4.98 Å². The first-order valence-corrected chi connectivity index (χ1v) is 5.98. The summed E-state index contributed by atoms with van der Waals surface area (Å²) in [6, 6.07) is 0. The number of aryl methyl sites for hydroxylation is 1. The Balaban J connectivity index is 2.53. The Morgan fingerprint density at radius 3 is 2.93 bits per heavy atom. The molecule has 1 heterocycles. The summed E-state index contributed by atoms with van der Waals surface area (Å²) in [7, 11) is 0. The molecule has 0 aliphatic heterocycles. The van der Waals surface area contributed by atoms with E-state index in [0.29, 0.717) is 11.7 Å². The normalized spacial score (nSPS) is 12.5. The lowest BCUT2D eigenvalue weighted by Gasteiger charge is -2.11. The van der Waals surface area contributed by atoms with Gasteiger partial charge in [-0.1, -0.05) is 13.3 Å². The highest BCUT2D eigenvalue weighted by molar-refractivity contribution is 7.13. The molecule has 5 heteroatoms. The summed E-state index contributed by atoms with van der Waals surface area (Å²) in [6.07, 6.45) is 1.79. The number of carbonyl (C=O) groups is 1. The molecule has 84 valence electrons. The van der Waals surface area contributed by atoms with Gasteiger partial charge in [-0.15, -0.1) is 11.3 Å². The van der Waals surface area contributed by atoms with Gasteiger partial charge in [-0.25, -0.2) is 4.98 Å². The van der Waals surface area contributed by atoms with Crippen molar-refractivity contribution >= 4 is 22.4 Å². The molecule has 0 fully saturated rings. The molecule has 1 aromatic rings. The summed E-state index contributed by atoms with van der Waals surface area (Å²) in [5.41, 5.74) is 6.47. The molecule has 0 aliphatic carbocycles. The van der Waals surface area contributed by atoms with Crippen LogP contribution in [0.3, 0.4) is 0 Å². The number of amides is 1. The average Bonchev–Trinajstić information content (AvgIpc) is 2.60. The summed E-state index contributed by atoms with van der Waals surface area (Å²) in [4.78, 5) is 15.9. The second-order valence-electron chi connectivity index (χ2n) is 3.50. The van der Waals surface area contributed by atoms with Crippen molar-refractivity contribution in [3.05, 3.63) is 11.1 Å². The van der Waals surface area contributed by atoms with E-state index in [1.807, 2.05) is 19.2 Å². The zero-order valence-corrected chi connectivity index (χ0v) is 9.93. The third-order valence-electron chi connectivity index (χ3n) is 2.14. The van der Waals surface area contributed by atoms with E-state index in [0.717, 1.165) is 18.5 Å². The van der Waals surface area contributed by atoms with Crippen molar-refractivity contribution in [3.8, 4) is 0 Å². The zero-order valence-electron chi connectivity index (χ0n) is 9.12. The van der Waals surface area contributed by atoms with Gasteiger partial charge in [-0.3, -0.25) is 4.79 Å². The van der Waals surface area contributed by atoms with E-state index in [1.54, 1.807) is 0 Å². The predicted molar refractivity (Wildman–Crippen MR) is 62.9 cm³/mol. The molecule has 0 aromatic carbocycles. The number of carbonyl (C=O) groups excluding carboxylic acids is 1. The van der Waals surface area contributed by atoms with Gasteiger partial charge >= 0.3 is 0 Å². The van der Waals surface area contributed by atoms with Crippen molar-refractivity contribution in [2.24, 2.45) is 11.7 Å². The van der Waals surface area contributed by atoms with Crippen molar-refractivity contribution in [1.29, 1.82) is 0 Å². The van der Waals surface area contributed by atoms with E-state index in [9.17, 15) is 4.79 Å². The smallest absolute Gasteiger partial charge is 0.230 e. The van der Waals surface area contributed by atoms with Crippen LogP contribution >= 0.6 is 11.3 Å². The van der Waals surface area contributed by atoms with Gasteiger partial charge < -0.3 is 11.1 Å². The molecule has 0 bridgehead atoms. The minimum absolute atomic E-state index is 0.0197. The van der Waals surface area contributed by atoms with Gasteiger partial charge in [0.05, 0.1) is 11.6 Å². The van der Waals surface area contributed by atoms with Crippen LogP contribution < -0.4 is 11.1 Å². The van der Waals surface area contributed by atoms with Gasteiger partial charge in [-0.05, 0) is 13.3 Å². The van der Waals surface area contributed by atoms with Gasteiger partial charge in [0.25, 0.3) is 0 Å². The van der Waals surface area contributed by atoms with Crippen LogP contribution in [0.1, 0.15) is 25.5 Å². The summed E-state index contributed by atoms with van der Waals surface area (Å²) in [6.45, 7) is 4.34. The fourth-order valence-corrected chi connectivity index (χ4v) is 2.01. The Labute approximate surface area is 93.9 Å². The van der Waals surface area contributed by atoms with Crippen molar-refractivity contribution < 1.29 is 4.79 Å². The van der Waals surface area contributed by atoms with E-state index in [4.69, 9.17) is 5.73 Å². The van der Waals surface area contributed by atoms with Crippen LogP contribution in [-0.4, -0.2) is 17.4 Å². The van der Waals surface area contributed by atoms with Gasteiger partial charge in [-0.2, -0.15) is 0 Å². The topological polar surface area (TPSA) is 68.0 Å². The fourth-order valence-electron chi connectivity index (χ4n) is 1.32. The zero-order chi connectivity index (χ0) is 11.3. The van der Waals surface area contributed by atoms with Gasteiger partial charge in [0.1, 0.15) is 0 Å². The maximum Gasteiger partial charge on any atom is 0.230 e. The largest absolute Gasteiger partial charge is 0.330 e. The maximum atomic E-state index is 11.7. The summed E-state index contributed by atoms with van der Waals surface area (Å²) in [5, 5.41) is 5.36. The quantitative estimate of drug-likeness (QED) is 0.805. The van der Waals surface area contributed by atoms with Crippen molar-refractivity contribution in [2.75, 3.05) is 11.9 Å². The molecule has 1 rings (SSSR count). The van der Waals surface area contributed by atoms with Crippen LogP contribution in [0.15, 0.2) is 5.38 Å². The van der Waals surface area contributed by atoms with Crippen LogP contribution in [0.25, 0.3) is 0 Å². The molecule has 1 amide bonds. The van der Waals surface area contributed by atoms with E-state index >= 15 is 0 Å². The lowest BCUT2D eigenvalue weighted by Crippen LogP contribution is -2.29. The Bertz CT molecular complexity index is 324. The lowest BCUT2D eigenvalue weighted by atomic mass is 10.0. The highest BCUT2D eigenvalue weighted by atomic mass is 32.1. The second-order valence-corrected chi connectivity index (χ2v) is 4.36. The standard InChI is InChI=1S/C10H17N3OS/c1-3-4-8(5-11)9(14)13-10-12-7(2)6-15-10/h6,8H,3-5,11H2,1-2H3,(H,12,13,14). The average molecular weight is 227 g/mol. The molecule has 0 saturated heterocycles. The van der Waals surface area contributed by atoms with Crippen LogP contribution in [0.5, 0.6) is 0 Å². The first-order valence-electron chi connectivity index (χ1n) is 5.10. The molecular weight excluding hydrogens is 210 g/mol. The highest BCUT2D eigenvalue weighted by Gasteiger charge is 2.16. The number of thiazole rings is 1. The molecule has 15 heavy (non-hydrogen) atoms. The number of anilines is 1. The minimum atomic E-state index is -0.0980. The number of nitrogens with zero attached hydrogens (tertiary/aromatic N) is 1. The Morgan fingerprint density at radius 2 is 2.47 bits per heavy atom. The predicted octanol–water partition coefficient (Wildman–Crippen LogP) is 1.77. The third-order valence-corrected chi connectivity index (χ3v) is 3.02. The Kier molecular flexibility index (Phi) is 4.71. The minimum Gasteiger partial charge on any atom is -0.330 e. The monoisotopic (exact) mass is 227 g/mol. The van der Waals surface area contributed by atoms with E-state index in [-0.39, 0.29) is 11.8 Å². The number of rotatable bonds is 5. The van der Waals surface area contributed by atoms with Crippen LogP contribution in [-0.2, 0) is 4.79 Å². The molecule has 0 saturated carbocycles. The maximum absolute atomic E-state index is 11.7. The Morgan fingerprint density at radius 1 is 1.73 bits per heavy atom. The van der Waals surface area contributed by atoms with Crippen LogP contribution in [0.2, 0.25) is 0 Å². The van der Waals surface area contributed by atoms with E-state index in [1.165, 1.54) is 11.3 Å². The Hall–Kier alpha value is -0.940. The molecule has 0 aliphatic rings. The molecule has 1 aromatic heterocycles. The SMILES string of the molecule is CCCC(CN)C(=O)Nc1nc(C)cs1. The molecule has 4 nitrogen and oxygen atoms in total. The van der Waals surface area contributed by atoms with Gasteiger partial charge in [0.15, 0.2) is 5.13 Å². The number of hydrogen-bond acceptors (Lipinski definition) is 4. The lowest BCUT2D eigenvalue weighted by molar-refractivity contribution is -0.119. The number of nitrogens with one attached hydrogen (secondary N) is 1. The first-order chi connectivity index (χ1) is 7.17. The molecule has 1 unspecified atom stereocenters. The molecular formula is C10H17N3OS. The van der Waals surface area contributed by atoms with Crippen molar-refractivity contribution in [3.63, 3.8) is 0 Å². The summed E-state index contributed by atoms with van der Waals surface area (Å²) in [5.74, 6) is -0.118. The molecule has 3 N–H and O–H groups in total. The van der Waals surface area contributed by atoms with E-state index < -0.39 is 0 Å². The van der Waals surface area contributed by atoms with Crippen LogP contribution in [0, 0.1) is 12.8 Å². The molecule has 0 spiro atoms. The molecule has 0 radical (unpaired) electrons. The van der Waals surface area contributed by atoms with Crippen molar-refractivity contribution in [2.45, 2.75) is 26.7 Å². The second kappa shape index (κ2) is 5.82. The number of nitrogens with two attached hydrogens (primary N) is 1. The summed E-state index contributed by atoms with van der Waals surface area (Å²) < 4.78 is 0. The fraction of sp³-hybridized carbons (Fsp3) is 0.600. The number of hydrogen-bond donors (Lipinski definition) is 2. The first kappa shape index (κ1) is 12.1. The highest BCUT2D eigenvalue weighted by Crippen LogP contribution is 2.16. The third kappa shape index (κ3) is 3.60. The van der Waals surface area contributed by atoms with Crippen LogP contribution in [0.4, 0.5) is 5.13 Å².